The van der Waals surface area contributed by atoms with Gasteiger partial charge in [-0.15, -0.1) is 15.3 Å². The average Bonchev–Trinajstić information content (AvgIpc) is 3.11. The lowest BCUT2D eigenvalue weighted by Crippen LogP contribution is -2.09. The molecule has 2 heterocycles. The average molecular weight is 399 g/mol. The summed E-state index contributed by atoms with van der Waals surface area (Å²) in [7, 11) is 0. The van der Waals surface area contributed by atoms with E-state index in [4.69, 9.17) is 23.2 Å². The molecule has 1 N–H and O–H groups in total. The van der Waals surface area contributed by atoms with E-state index in [9.17, 15) is 0 Å². The van der Waals surface area contributed by atoms with E-state index in [1.54, 1.807) is 4.68 Å². The van der Waals surface area contributed by atoms with Crippen LogP contribution < -0.4 is 5.32 Å². The minimum atomic E-state index is 0.0265. The Kier molecular flexibility index (Phi) is 4.92. The van der Waals surface area contributed by atoms with Crippen molar-refractivity contribution in [3.8, 4) is 0 Å². The summed E-state index contributed by atoms with van der Waals surface area (Å²) < 4.78 is 1.69. The molecule has 0 amide bonds. The fraction of sp³-hybridized carbons (Fsp3) is 0.158. The third-order valence-electron chi connectivity index (χ3n) is 4.32. The van der Waals surface area contributed by atoms with Gasteiger partial charge in [-0.3, -0.25) is 0 Å². The van der Waals surface area contributed by atoms with E-state index in [1.165, 1.54) is 0 Å². The van der Waals surface area contributed by atoms with Gasteiger partial charge >= 0.3 is 0 Å². The number of hydrogen-bond donors (Lipinski definition) is 1. The molecule has 0 radical (unpaired) electrons. The molecule has 0 bridgehead atoms. The van der Waals surface area contributed by atoms with Gasteiger partial charge in [-0.2, -0.15) is 0 Å². The van der Waals surface area contributed by atoms with Gasteiger partial charge in [0.05, 0.1) is 12.6 Å². The van der Waals surface area contributed by atoms with Crippen molar-refractivity contribution < 1.29 is 0 Å². The summed E-state index contributed by atoms with van der Waals surface area (Å²) in [5.74, 6) is 0.538. The highest BCUT2D eigenvalue weighted by Gasteiger charge is 2.18. The van der Waals surface area contributed by atoms with Crippen LogP contribution in [0, 0.1) is 0 Å². The maximum atomic E-state index is 6.30. The summed E-state index contributed by atoms with van der Waals surface area (Å²) in [6.45, 7) is 2.49. The lowest BCUT2D eigenvalue weighted by Gasteiger charge is -2.14. The monoisotopic (exact) mass is 398 g/mol. The molecule has 136 valence electrons. The standard InChI is InChI=1S/C19H16Cl2N6/c1-12(13-7-3-2-4-8-13)22-19-16-17(18(21)24-25-19)27(26-23-16)11-14-9-5-6-10-15(14)20/h2-10,12H,11H2,1H3,(H,22,25). The first-order chi connectivity index (χ1) is 13.1. The third-order valence-corrected chi connectivity index (χ3v) is 4.95. The lowest BCUT2D eigenvalue weighted by atomic mass is 10.1. The molecule has 2 aromatic carbocycles. The predicted octanol–water partition coefficient (Wildman–Crippen LogP) is 4.75. The third kappa shape index (κ3) is 3.59. The molecule has 0 spiro atoms. The maximum Gasteiger partial charge on any atom is 0.179 e. The van der Waals surface area contributed by atoms with Crippen LogP contribution in [-0.4, -0.2) is 25.2 Å². The second-order valence-electron chi connectivity index (χ2n) is 6.15. The molecule has 0 fully saturated rings. The largest absolute Gasteiger partial charge is 0.360 e. The van der Waals surface area contributed by atoms with Crippen molar-refractivity contribution in [2.75, 3.05) is 5.32 Å². The number of hydrogen-bond acceptors (Lipinski definition) is 5. The van der Waals surface area contributed by atoms with Gasteiger partial charge in [-0.25, -0.2) is 4.68 Å². The van der Waals surface area contributed by atoms with E-state index in [1.807, 2.05) is 61.5 Å². The van der Waals surface area contributed by atoms with E-state index >= 15 is 0 Å². The molecule has 1 unspecified atom stereocenters. The normalized spacial score (nSPS) is 12.3. The number of aromatic nitrogens is 5. The molecule has 4 aromatic rings. The first-order valence-corrected chi connectivity index (χ1v) is 9.19. The lowest BCUT2D eigenvalue weighted by molar-refractivity contribution is 0.669. The van der Waals surface area contributed by atoms with E-state index in [-0.39, 0.29) is 11.2 Å². The zero-order valence-electron chi connectivity index (χ0n) is 14.5. The predicted molar refractivity (Wildman–Crippen MR) is 107 cm³/mol. The van der Waals surface area contributed by atoms with E-state index < -0.39 is 0 Å². The van der Waals surface area contributed by atoms with E-state index in [2.05, 4.69) is 25.8 Å². The van der Waals surface area contributed by atoms with Crippen molar-refractivity contribution in [3.63, 3.8) is 0 Å². The molecular weight excluding hydrogens is 383 g/mol. The molecule has 2 aromatic heterocycles. The summed E-state index contributed by atoms with van der Waals surface area (Å²) in [6, 6.07) is 17.7. The SMILES string of the molecule is CC(Nc1nnc(Cl)c2c1nnn2Cc1ccccc1Cl)c1ccccc1. The van der Waals surface area contributed by atoms with Gasteiger partial charge in [0.1, 0.15) is 5.52 Å². The molecule has 0 aliphatic rings. The molecule has 1 atom stereocenters. The Labute approximate surface area is 166 Å². The molecule has 0 aliphatic heterocycles. The first kappa shape index (κ1) is 17.7. The number of anilines is 1. The topological polar surface area (TPSA) is 68.5 Å². The van der Waals surface area contributed by atoms with Gasteiger partial charge in [-0.1, -0.05) is 76.9 Å². The highest BCUT2D eigenvalue weighted by atomic mass is 35.5. The first-order valence-electron chi connectivity index (χ1n) is 8.43. The van der Waals surface area contributed by atoms with E-state index in [0.29, 0.717) is 28.4 Å². The van der Waals surface area contributed by atoms with Gasteiger partial charge in [0.15, 0.2) is 16.5 Å². The molecule has 6 nitrogen and oxygen atoms in total. The molecule has 0 saturated heterocycles. The fourth-order valence-corrected chi connectivity index (χ4v) is 3.31. The minimum absolute atomic E-state index is 0.0265. The molecule has 0 aliphatic carbocycles. The van der Waals surface area contributed by atoms with Crippen molar-refractivity contribution in [2.45, 2.75) is 19.5 Å². The second kappa shape index (κ2) is 7.50. The zero-order chi connectivity index (χ0) is 18.8. The minimum Gasteiger partial charge on any atom is -0.360 e. The summed E-state index contributed by atoms with van der Waals surface area (Å²) >= 11 is 12.6. The number of fused-ring (bicyclic) bond motifs is 1. The Morgan fingerprint density at radius 1 is 0.963 bits per heavy atom. The van der Waals surface area contributed by atoms with Gasteiger partial charge in [0.25, 0.3) is 0 Å². The molecular formula is C19H16Cl2N6. The summed E-state index contributed by atoms with van der Waals surface area (Å²) in [6.07, 6.45) is 0. The Hall–Kier alpha value is -2.70. The summed E-state index contributed by atoms with van der Waals surface area (Å²) in [4.78, 5) is 0. The van der Waals surface area contributed by atoms with Crippen molar-refractivity contribution in [1.82, 2.24) is 25.2 Å². The van der Waals surface area contributed by atoms with Crippen LogP contribution in [0.2, 0.25) is 10.2 Å². The smallest absolute Gasteiger partial charge is 0.179 e. The molecule has 0 saturated carbocycles. The quantitative estimate of drug-likeness (QED) is 0.525. The molecule has 27 heavy (non-hydrogen) atoms. The summed E-state index contributed by atoms with van der Waals surface area (Å²) in [5, 5.41) is 21.0. The Balaban J connectivity index is 1.69. The van der Waals surface area contributed by atoms with Crippen molar-refractivity contribution in [1.29, 1.82) is 0 Å². The highest BCUT2D eigenvalue weighted by molar-refractivity contribution is 6.34. The van der Waals surface area contributed by atoms with Gasteiger partial charge in [0.2, 0.25) is 0 Å². The van der Waals surface area contributed by atoms with Crippen LogP contribution in [0.5, 0.6) is 0 Å². The van der Waals surface area contributed by atoms with Gasteiger partial charge in [0, 0.05) is 5.02 Å². The Morgan fingerprint density at radius 3 is 2.48 bits per heavy atom. The number of benzene rings is 2. The van der Waals surface area contributed by atoms with Crippen LogP contribution in [0.15, 0.2) is 54.6 Å². The number of nitrogens with one attached hydrogen (secondary N) is 1. The van der Waals surface area contributed by atoms with Gasteiger partial charge < -0.3 is 5.32 Å². The molecule has 4 rings (SSSR count). The van der Waals surface area contributed by atoms with Crippen LogP contribution in [0.4, 0.5) is 5.82 Å². The number of rotatable bonds is 5. The molecule has 8 heteroatoms. The van der Waals surface area contributed by atoms with Crippen LogP contribution in [0.25, 0.3) is 11.0 Å². The van der Waals surface area contributed by atoms with Crippen molar-refractivity contribution >= 4 is 40.1 Å². The number of halogens is 2. The van der Waals surface area contributed by atoms with E-state index in [0.717, 1.165) is 11.1 Å². The van der Waals surface area contributed by atoms with Crippen LogP contribution >= 0.6 is 23.2 Å². The maximum absolute atomic E-state index is 6.30. The van der Waals surface area contributed by atoms with Gasteiger partial charge in [-0.05, 0) is 24.1 Å². The Morgan fingerprint density at radius 2 is 1.70 bits per heavy atom. The van der Waals surface area contributed by atoms with Crippen molar-refractivity contribution in [2.24, 2.45) is 0 Å². The van der Waals surface area contributed by atoms with Crippen LogP contribution in [0.3, 0.4) is 0 Å². The second-order valence-corrected chi connectivity index (χ2v) is 6.92. The Bertz CT molecular complexity index is 1080. The van der Waals surface area contributed by atoms with Crippen LogP contribution in [-0.2, 0) is 6.54 Å². The highest BCUT2D eigenvalue weighted by Crippen LogP contribution is 2.28. The number of nitrogens with zero attached hydrogens (tertiary/aromatic N) is 5. The fourth-order valence-electron chi connectivity index (χ4n) is 2.89. The zero-order valence-corrected chi connectivity index (χ0v) is 16.0. The van der Waals surface area contributed by atoms with Crippen molar-refractivity contribution in [3.05, 3.63) is 75.9 Å². The van der Waals surface area contributed by atoms with Crippen LogP contribution in [0.1, 0.15) is 24.1 Å². The summed E-state index contributed by atoms with van der Waals surface area (Å²) in [5.41, 5.74) is 3.25.